The van der Waals surface area contributed by atoms with Crippen LogP contribution in [0.25, 0.3) is 0 Å². The van der Waals surface area contributed by atoms with Crippen LogP contribution in [0.2, 0.25) is 0 Å². The highest BCUT2D eigenvalue weighted by Crippen LogP contribution is 2.19. The molecule has 0 spiro atoms. The molecule has 12 heavy (non-hydrogen) atoms. The van der Waals surface area contributed by atoms with Gasteiger partial charge in [0, 0.05) is 32.3 Å². The summed E-state index contributed by atoms with van der Waals surface area (Å²) >= 11 is 0. The van der Waals surface area contributed by atoms with Crippen LogP contribution in [0.4, 0.5) is 0 Å². The van der Waals surface area contributed by atoms with Crippen LogP contribution in [-0.4, -0.2) is 48.5 Å². The van der Waals surface area contributed by atoms with E-state index in [4.69, 9.17) is 4.74 Å². The summed E-state index contributed by atoms with van der Waals surface area (Å²) in [6.45, 7) is 3.75. The maximum Gasteiger partial charge on any atom is 0.0679 e. The van der Waals surface area contributed by atoms with Gasteiger partial charge in [0.2, 0.25) is 0 Å². The van der Waals surface area contributed by atoms with E-state index in [9.17, 15) is 5.11 Å². The second kappa shape index (κ2) is 3.73. The second-order valence-electron chi connectivity index (χ2n) is 3.78. The highest BCUT2D eigenvalue weighted by molar-refractivity contribution is 4.82. The van der Waals surface area contributed by atoms with Crippen LogP contribution in [0, 0.1) is 0 Å². The molecule has 3 heteroatoms. The van der Waals surface area contributed by atoms with Crippen molar-refractivity contribution in [1.82, 2.24) is 4.90 Å². The zero-order chi connectivity index (χ0) is 8.39. The quantitative estimate of drug-likeness (QED) is 0.613. The summed E-state index contributed by atoms with van der Waals surface area (Å²) in [6, 6.07) is 0.677. The molecule has 1 atom stereocenters. The fourth-order valence-corrected chi connectivity index (χ4v) is 2.15. The molecule has 0 aliphatic carbocycles. The predicted octanol–water partition coefficient (Wildman–Crippen LogP) is 0.232. The third kappa shape index (κ3) is 1.79. The van der Waals surface area contributed by atoms with Crippen molar-refractivity contribution in [2.45, 2.75) is 31.4 Å². The van der Waals surface area contributed by atoms with Gasteiger partial charge in [-0.2, -0.15) is 0 Å². The topological polar surface area (TPSA) is 32.7 Å². The van der Waals surface area contributed by atoms with Crippen molar-refractivity contribution in [3.05, 3.63) is 0 Å². The smallest absolute Gasteiger partial charge is 0.0679 e. The lowest BCUT2D eigenvalue weighted by Gasteiger charge is -2.30. The van der Waals surface area contributed by atoms with Gasteiger partial charge in [-0.05, 0) is 19.3 Å². The summed E-state index contributed by atoms with van der Waals surface area (Å²) in [7, 11) is 0. The zero-order valence-electron chi connectivity index (χ0n) is 7.41. The maximum absolute atomic E-state index is 9.36. The van der Waals surface area contributed by atoms with Crippen molar-refractivity contribution >= 4 is 0 Å². The maximum atomic E-state index is 9.36. The fraction of sp³-hybridized carbons (Fsp3) is 1.00. The summed E-state index contributed by atoms with van der Waals surface area (Å²) in [5.74, 6) is 0. The summed E-state index contributed by atoms with van der Waals surface area (Å²) in [5.41, 5.74) is 0. The van der Waals surface area contributed by atoms with Crippen LogP contribution in [0.1, 0.15) is 19.3 Å². The third-order valence-electron chi connectivity index (χ3n) is 2.90. The molecular formula is C9H17NO2. The molecule has 3 nitrogen and oxygen atoms in total. The van der Waals surface area contributed by atoms with Crippen LogP contribution >= 0.6 is 0 Å². The predicted molar refractivity (Wildman–Crippen MR) is 46.0 cm³/mol. The minimum absolute atomic E-state index is 0.0761. The van der Waals surface area contributed by atoms with Gasteiger partial charge >= 0.3 is 0 Å². The van der Waals surface area contributed by atoms with Gasteiger partial charge in [0.1, 0.15) is 0 Å². The van der Waals surface area contributed by atoms with E-state index in [-0.39, 0.29) is 6.10 Å². The number of β-amino-alcohol motifs (C(OH)–C–C–N with tert-alkyl or cyclic N) is 1. The number of aliphatic hydroxyl groups excluding tert-OH is 1. The number of ether oxygens (including phenoxy) is 1. The van der Waals surface area contributed by atoms with E-state index in [1.807, 2.05) is 0 Å². The van der Waals surface area contributed by atoms with Gasteiger partial charge in [-0.3, -0.25) is 4.90 Å². The Kier molecular flexibility index (Phi) is 2.63. The summed E-state index contributed by atoms with van der Waals surface area (Å²) in [5, 5.41) is 9.36. The molecule has 2 aliphatic heterocycles. The zero-order valence-corrected chi connectivity index (χ0v) is 7.41. The molecule has 0 unspecified atom stereocenters. The van der Waals surface area contributed by atoms with Crippen molar-refractivity contribution in [3.8, 4) is 0 Å². The Hall–Kier alpha value is -0.120. The molecule has 0 aromatic rings. The normalized spacial score (nSPS) is 34.2. The van der Waals surface area contributed by atoms with Crippen LogP contribution in [0.5, 0.6) is 0 Å². The number of aliphatic hydroxyl groups is 1. The molecule has 70 valence electrons. The van der Waals surface area contributed by atoms with Crippen LogP contribution in [0.15, 0.2) is 0 Å². The van der Waals surface area contributed by atoms with Gasteiger partial charge < -0.3 is 9.84 Å². The van der Waals surface area contributed by atoms with E-state index >= 15 is 0 Å². The molecule has 0 bridgehead atoms. The van der Waals surface area contributed by atoms with Crippen molar-refractivity contribution < 1.29 is 9.84 Å². The molecule has 0 radical (unpaired) electrons. The highest BCUT2D eigenvalue weighted by Gasteiger charge is 2.27. The van der Waals surface area contributed by atoms with Crippen LogP contribution < -0.4 is 0 Å². The average molecular weight is 171 g/mol. The Balaban J connectivity index is 1.83. The molecule has 1 N–H and O–H groups in total. The van der Waals surface area contributed by atoms with Gasteiger partial charge in [0.15, 0.2) is 0 Å². The van der Waals surface area contributed by atoms with Crippen molar-refractivity contribution in [3.63, 3.8) is 0 Å². The number of hydrogen-bond acceptors (Lipinski definition) is 3. The molecule has 2 aliphatic rings. The Morgan fingerprint density at radius 1 is 1.17 bits per heavy atom. The lowest BCUT2D eigenvalue weighted by Crippen LogP contribution is -2.38. The SMILES string of the molecule is O[C@H]1CCN(C2CCOCC2)C1. The third-order valence-corrected chi connectivity index (χ3v) is 2.90. The molecule has 2 heterocycles. The molecule has 0 aromatic carbocycles. The Morgan fingerprint density at radius 3 is 2.50 bits per heavy atom. The molecule has 0 saturated carbocycles. The molecule has 0 amide bonds. The summed E-state index contributed by atoms with van der Waals surface area (Å²) in [4.78, 5) is 2.41. The summed E-state index contributed by atoms with van der Waals surface area (Å²) in [6.07, 6.45) is 3.17. The fourth-order valence-electron chi connectivity index (χ4n) is 2.15. The average Bonchev–Trinajstić information content (AvgIpc) is 2.54. The lowest BCUT2D eigenvalue weighted by molar-refractivity contribution is 0.0377. The van der Waals surface area contributed by atoms with Crippen molar-refractivity contribution in [1.29, 1.82) is 0 Å². The van der Waals surface area contributed by atoms with E-state index in [1.165, 1.54) is 0 Å². The first kappa shape index (κ1) is 8.48. The molecule has 2 rings (SSSR count). The number of hydrogen-bond donors (Lipinski definition) is 1. The van der Waals surface area contributed by atoms with E-state index in [0.717, 1.165) is 45.6 Å². The van der Waals surface area contributed by atoms with Gasteiger partial charge in [0.05, 0.1) is 6.10 Å². The second-order valence-corrected chi connectivity index (χ2v) is 3.78. The standard InChI is InChI=1S/C9H17NO2/c11-9-1-4-10(7-9)8-2-5-12-6-3-8/h8-9,11H,1-7H2/t9-/m0/s1. The first-order valence-electron chi connectivity index (χ1n) is 4.86. The lowest BCUT2D eigenvalue weighted by atomic mass is 10.1. The largest absolute Gasteiger partial charge is 0.392 e. The Bertz CT molecular complexity index is 143. The number of likely N-dealkylation sites (tertiary alicyclic amines) is 1. The van der Waals surface area contributed by atoms with Crippen LogP contribution in [0.3, 0.4) is 0 Å². The van der Waals surface area contributed by atoms with Crippen molar-refractivity contribution in [2.75, 3.05) is 26.3 Å². The van der Waals surface area contributed by atoms with E-state index in [2.05, 4.69) is 4.90 Å². The molecular weight excluding hydrogens is 154 g/mol. The first-order valence-corrected chi connectivity index (χ1v) is 4.86. The Labute approximate surface area is 73.3 Å². The van der Waals surface area contributed by atoms with E-state index in [1.54, 1.807) is 0 Å². The summed E-state index contributed by atoms with van der Waals surface area (Å²) < 4.78 is 5.30. The first-order chi connectivity index (χ1) is 5.86. The van der Waals surface area contributed by atoms with E-state index in [0.29, 0.717) is 6.04 Å². The molecule has 2 fully saturated rings. The number of rotatable bonds is 1. The minimum Gasteiger partial charge on any atom is -0.392 e. The minimum atomic E-state index is -0.0761. The molecule has 2 saturated heterocycles. The van der Waals surface area contributed by atoms with Gasteiger partial charge in [-0.15, -0.1) is 0 Å². The van der Waals surface area contributed by atoms with Crippen molar-refractivity contribution in [2.24, 2.45) is 0 Å². The van der Waals surface area contributed by atoms with Crippen LogP contribution in [-0.2, 0) is 4.74 Å². The van der Waals surface area contributed by atoms with E-state index < -0.39 is 0 Å². The van der Waals surface area contributed by atoms with Gasteiger partial charge in [0.25, 0.3) is 0 Å². The molecule has 0 aromatic heterocycles. The van der Waals surface area contributed by atoms with Gasteiger partial charge in [-0.1, -0.05) is 0 Å². The van der Waals surface area contributed by atoms with Gasteiger partial charge in [-0.25, -0.2) is 0 Å². The Morgan fingerprint density at radius 2 is 1.92 bits per heavy atom. The highest BCUT2D eigenvalue weighted by atomic mass is 16.5. The number of nitrogens with zero attached hydrogens (tertiary/aromatic N) is 1. The monoisotopic (exact) mass is 171 g/mol.